The Kier molecular flexibility index (Phi) is 19.7. The minimum atomic E-state index is -0.900. The molecule has 0 unspecified atom stereocenters. The van der Waals surface area contributed by atoms with E-state index in [4.69, 9.17) is 35.2 Å². The van der Waals surface area contributed by atoms with Gasteiger partial charge in [-0.3, -0.25) is 9.59 Å². The van der Waals surface area contributed by atoms with Crippen LogP contribution in [0.15, 0.2) is 18.2 Å². The molecule has 1 aliphatic heterocycles. The van der Waals surface area contributed by atoms with E-state index < -0.39 is 36.0 Å². The Labute approximate surface area is 300 Å². The topological polar surface area (TPSA) is 173 Å². The average molecular weight is 707 g/mol. The van der Waals surface area contributed by atoms with Gasteiger partial charge < -0.3 is 45.8 Å². The van der Waals surface area contributed by atoms with E-state index >= 15 is 0 Å². The van der Waals surface area contributed by atoms with Gasteiger partial charge in [-0.05, 0) is 79.4 Å². The summed E-state index contributed by atoms with van der Waals surface area (Å²) < 4.78 is 28.4. The normalized spacial score (nSPS) is 16.8. The molecule has 1 aromatic carbocycles. The van der Waals surface area contributed by atoms with Gasteiger partial charge in [0, 0.05) is 51.9 Å². The molecule has 12 nitrogen and oxygen atoms in total. The molecule has 5 atom stereocenters. The van der Waals surface area contributed by atoms with Crippen molar-refractivity contribution in [1.82, 2.24) is 10.6 Å². The van der Waals surface area contributed by atoms with Gasteiger partial charge in [0.1, 0.15) is 12.1 Å². The average Bonchev–Trinajstić information content (AvgIpc) is 3.09. The van der Waals surface area contributed by atoms with Gasteiger partial charge in [-0.25, -0.2) is 4.79 Å². The molecule has 1 saturated heterocycles. The Hall–Kier alpha value is -2.93. The van der Waals surface area contributed by atoms with Crippen LogP contribution in [0.3, 0.4) is 0 Å². The molecule has 0 aliphatic carbocycles. The molecule has 286 valence electrons. The number of hydrogen-bond donors (Lipinski definition) is 4. The maximum Gasteiger partial charge on any atom is 0.329 e. The summed E-state index contributed by atoms with van der Waals surface area (Å²) in [6.45, 7) is 14.8. The van der Waals surface area contributed by atoms with Gasteiger partial charge in [0.15, 0.2) is 11.5 Å². The van der Waals surface area contributed by atoms with Crippen molar-refractivity contribution in [3.05, 3.63) is 23.8 Å². The van der Waals surface area contributed by atoms with Crippen LogP contribution in [-0.2, 0) is 35.0 Å². The Bertz CT molecular complexity index is 1160. The molecule has 2 rings (SSSR count). The van der Waals surface area contributed by atoms with Crippen LogP contribution in [0.4, 0.5) is 0 Å². The summed E-state index contributed by atoms with van der Waals surface area (Å²) >= 11 is 0. The van der Waals surface area contributed by atoms with Crippen molar-refractivity contribution in [1.29, 1.82) is 0 Å². The molecule has 0 radical (unpaired) electrons. The predicted octanol–water partition coefficient (Wildman–Crippen LogP) is 3.86. The molecule has 12 heteroatoms. The summed E-state index contributed by atoms with van der Waals surface area (Å²) in [7, 11) is 3.29. The molecule has 0 aromatic heterocycles. The number of rotatable bonds is 23. The largest absolute Gasteiger partial charge is 0.493 e. The molecular weight excluding hydrogens is 640 g/mol. The summed E-state index contributed by atoms with van der Waals surface area (Å²) in [5, 5.41) is 5.85. The summed E-state index contributed by atoms with van der Waals surface area (Å²) in [6, 6.07) is 4.48. The maximum atomic E-state index is 13.7. The van der Waals surface area contributed by atoms with Crippen LogP contribution in [0, 0.1) is 35.5 Å². The van der Waals surface area contributed by atoms with Crippen LogP contribution >= 0.6 is 0 Å². The predicted molar refractivity (Wildman–Crippen MR) is 195 cm³/mol. The van der Waals surface area contributed by atoms with Gasteiger partial charge in [-0.2, -0.15) is 0 Å². The van der Waals surface area contributed by atoms with Crippen LogP contribution in [0.5, 0.6) is 11.5 Å². The van der Waals surface area contributed by atoms with E-state index in [1.165, 1.54) is 0 Å². The van der Waals surface area contributed by atoms with E-state index in [-0.39, 0.29) is 42.5 Å². The van der Waals surface area contributed by atoms with E-state index in [2.05, 4.69) is 24.5 Å². The van der Waals surface area contributed by atoms with Crippen molar-refractivity contribution in [2.45, 2.75) is 98.3 Å². The molecule has 0 bridgehead atoms. The first-order valence-electron chi connectivity index (χ1n) is 18.4. The van der Waals surface area contributed by atoms with E-state index in [9.17, 15) is 14.4 Å². The van der Waals surface area contributed by atoms with Crippen molar-refractivity contribution >= 4 is 17.8 Å². The lowest BCUT2D eigenvalue weighted by Gasteiger charge is -2.34. The molecule has 1 aliphatic rings. The summed E-state index contributed by atoms with van der Waals surface area (Å²) in [5.41, 5.74) is 13.6. The van der Waals surface area contributed by atoms with Crippen LogP contribution in [0.25, 0.3) is 0 Å². The number of carbonyl (C=O) groups is 3. The third kappa shape index (κ3) is 14.7. The molecule has 1 fully saturated rings. The van der Waals surface area contributed by atoms with Gasteiger partial charge in [0.2, 0.25) is 11.8 Å². The van der Waals surface area contributed by atoms with Gasteiger partial charge in [0.05, 0.1) is 20.3 Å². The van der Waals surface area contributed by atoms with Crippen LogP contribution in [0.2, 0.25) is 0 Å². The molecular formula is C38H66N4O8. The Morgan fingerprint density at radius 2 is 1.64 bits per heavy atom. The van der Waals surface area contributed by atoms with Gasteiger partial charge in [-0.15, -0.1) is 0 Å². The summed E-state index contributed by atoms with van der Waals surface area (Å²) in [4.78, 5) is 39.5. The molecule has 6 N–H and O–H groups in total. The lowest BCUT2D eigenvalue weighted by molar-refractivity contribution is -0.157. The second-order valence-electron chi connectivity index (χ2n) is 14.6. The molecule has 1 heterocycles. The van der Waals surface area contributed by atoms with E-state index in [0.717, 1.165) is 24.8 Å². The summed E-state index contributed by atoms with van der Waals surface area (Å²) in [5.74, 6) is 0.254. The van der Waals surface area contributed by atoms with Crippen LogP contribution in [-0.4, -0.2) is 89.7 Å². The quantitative estimate of drug-likeness (QED) is 0.0967. The number of carbonyl (C=O) groups excluding carboxylic acids is 3. The second-order valence-corrected chi connectivity index (χ2v) is 14.6. The zero-order valence-electron chi connectivity index (χ0n) is 31.8. The number of ether oxygens (including phenoxy) is 5. The first-order valence-corrected chi connectivity index (χ1v) is 18.4. The monoisotopic (exact) mass is 706 g/mol. The zero-order valence-corrected chi connectivity index (χ0v) is 31.8. The van der Waals surface area contributed by atoms with Gasteiger partial charge in [0.25, 0.3) is 0 Å². The van der Waals surface area contributed by atoms with Crippen molar-refractivity contribution in [3.63, 3.8) is 0 Å². The first kappa shape index (κ1) is 43.2. The first-order chi connectivity index (χ1) is 23.8. The highest BCUT2D eigenvalue weighted by Gasteiger charge is 2.36. The van der Waals surface area contributed by atoms with E-state index in [0.29, 0.717) is 63.2 Å². The number of amides is 2. The Morgan fingerprint density at radius 3 is 2.22 bits per heavy atom. The fourth-order valence-corrected chi connectivity index (χ4v) is 6.26. The second kappa shape index (κ2) is 22.8. The smallest absolute Gasteiger partial charge is 0.329 e. The van der Waals surface area contributed by atoms with E-state index in [1.807, 2.05) is 45.9 Å². The number of benzene rings is 1. The molecule has 0 saturated carbocycles. The standard InChI is InChI=1S/C38H66N4O8/c1-24(2)29(18-28-10-11-32(47-8)34(19-28)49-15-9-14-46-7)20-31(40)33(50-38(45)36(26(5)6)42-35(43)22-39)21-30(25(3)4)37(44)41-23-27-12-16-48-17-13-27/h10-11,19,24-27,29-31,33,36H,9,12-18,20-23,39-40H2,1-8H3,(H,41,44)(H,42,43)/t29-,30-,31-,33-,36-/m0/s1. The maximum absolute atomic E-state index is 13.7. The van der Waals surface area contributed by atoms with Crippen molar-refractivity contribution in [2.24, 2.45) is 47.0 Å². The number of esters is 1. The molecule has 50 heavy (non-hydrogen) atoms. The highest BCUT2D eigenvalue weighted by atomic mass is 16.5. The van der Waals surface area contributed by atoms with Crippen molar-refractivity contribution in [3.8, 4) is 11.5 Å². The minimum absolute atomic E-state index is 0.0292. The van der Waals surface area contributed by atoms with Gasteiger partial charge >= 0.3 is 5.97 Å². The number of nitrogens with one attached hydrogen (secondary N) is 2. The highest BCUT2D eigenvalue weighted by molar-refractivity contribution is 5.85. The van der Waals surface area contributed by atoms with Crippen LogP contribution < -0.4 is 31.6 Å². The van der Waals surface area contributed by atoms with Crippen molar-refractivity contribution in [2.75, 3.05) is 53.7 Å². The number of hydrogen-bond acceptors (Lipinski definition) is 10. The van der Waals surface area contributed by atoms with E-state index in [1.54, 1.807) is 14.2 Å². The Balaban J connectivity index is 2.32. The molecule has 0 spiro atoms. The van der Waals surface area contributed by atoms with Crippen molar-refractivity contribution < 1.29 is 38.1 Å². The SMILES string of the molecule is COCCCOc1cc(C[C@@H](C[C@H](N)[C@H](C[C@H](C(=O)NCC2CCOCC2)C(C)C)OC(=O)[C@@H](NC(=O)CN)C(C)C)C(C)C)ccc1OC. The fraction of sp³-hybridized carbons (Fsp3) is 0.763. The lowest BCUT2D eigenvalue weighted by atomic mass is 9.80. The van der Waals surface area contributed by atoms with Gasteiger partial charge in [-0.1, -0.05) is 47.6 Å². The summed E-state index contributed by atoms with van der Waals surface area (Å²) in [6.07, 6.45) is 3.33. The fourth-order valence-electron chi connectivity index (χ4n) is 6.26. The zero-order chi connectivity index (χ0) is 37.2. The Morgan fingerprint density at radius 1 is 0.940 bits per heavy atom. The molecule has 2 amide bonds. The molecule has 1 aromatic rings. The third-order valence-corrected chi connectivity index (χ3v) is 9.70. The minimum Gasteiger partial charge on any atom is -0.493 e. The lowest BCUT2D eigenvalue weighted by Crippen LogP contribution is -2.51. The highest BCUT2D eigenvalue weighted by Crippen LogP contribution is 2.32. The third-order valence-electron chi connectivity index (χ3n) is 9.70. The number of methoxy groups -OCH3 is 2. The van der Waals surface area contributed by atoms with Crippen LogP contribution in [0.1, 0.15) is 79.2 Å². The number of nitrogens with two attached hydrogens (primary N) is 2.